The van der Waals surface area contributed by atoms with E-state index >= 15 is 0 Å². The normalized spacial score (nSPS) is 31.5. The van der Waals surface area contributed by atoms with E-state index in [0.717, 1.165) is 25.7 Å². The quantitative estimate of drug-likeness (QED) is 0.575. The highest BCUT2D eigenvalue weighted by molar-refractivity contribution is 6.01. The van der Waals surface area contributed by atoms with E-state index in [1.165, 1.54) is 12.8 Å². The fourth-order valence-electron chi connectivity index (χ4n) is 3.12. The number of hydrogen-bond acceptors (Lipinski definition) is 7. The minimum Gasteiger partial charge on any atom is -0.427 e. The summed E-state index contributed by atoms with van der Waals surface area (Å²) < 4.78 is 16.4. The van der Waals surface area contributed by atoms with Crippen molar-refractivity contribution in [2.75, 3.05) is 6.61 Å². The summed E-state index contributed by atoms with van der Waals surface area (Å²) >= 11 is 0. The number of ether oxygens (including phenoxy) is 3. The van der Waals surface area contributed by atoms with Crippen LogP contribution in [0.25, 0.3) is 0 Å². The largest absolute Gasteiger partial charge is 0.534 e. The Hall–Kier alpha value is -1.67. The van der Waals surface area contributed by atoms with Crippen molar-refractivity contribution in [3.63, 3.8) is 0 Å². The molecule has 1 aliphatic carbocycles. The molecule has 3 rings (SSSR count). The maximum Gasteiger partial charge on any atom is 0.534 e. The van der Waals surface area contributed by atoms with Gasteiger partial charge in [-0.1, -0.05) is 30.7 Å². The van der Waals surface area contributed by atoms with Crippen LogP contribution in [0.4, 0.5) is 4.79 Å². The Bertz CT molecular complexity index is 448. The van der Waals surface area contributed by atoms with Gasteiger partial charge in [0.2, 0.25) is 0 Å². The summed E-state index contributed by atoms with van der Waals surface area (Å²) in [7, 11) is 0. The summed E-state index contributed by atoms with van der Waals surface area (Å²) in [6.45, 7) is -0.123. The Morgan fingerprint density at radius 1 is 1.00 bits per heavy atom. The van der Waals surface area contributed by atoms with Crippen LogP contribution >= 0.6 is 0 Å². The lowest BCUT2D eigenvalue weighted by atomic mass is 9.96. The molecule has 8 heteroatoms. The lowest BCUT2D eigenvalue weighted by Gasteiger charge is -2.19. The molecule has 23 heavy (non-hydrogen) atoms. The van der Waals surface area contributed by atoms with Crippen LogP contribution < -0.4 is 0 Å². The maximum absolute atomic E-state index is 11.6. The van der Waals surface area contributed by atoms with Crippen molar-refractivity contribution >= 4 is 18.0 Å². The molecular weight excluding hydrogens is 306 g/mol. The average Bonchev–Trinajstić information content (AvgIpc) is 3.03. The van der Waals surface area contributed by atoms with Crippen molar-refractivity contribution < 1.29 is 33.4 Å². The third kappa shape index (κ3) is 4.00. The molecule has 2 amide bonds. The molecule has 0 radical (unpaired) electrons. The van der Waals surface area contributed by atoms with Gasteiger partial charge in [-0.05, 0) is 12.8 Å². The molecule has 0 unspecified atom stereocenters. The molecule has 3 fully saturated rings. The molecule has 0 aromatic rings. The molecule has 3 aliphatic rings. The number of imide groups is 1. The van der Waals surface area contributed by atoms with Gasteiger partial charge in [0.15, 0.2) is 6.29 Å². The van der Waals surface area contributed by atoms with E-state index in [2.05, 4.69) is 4.84 Å². The number of carbonyl (C=O) groups is 3. The first-order valence-corrected chi connectivity index (χ1v) is 8.15. The molecule has 0 spiro atoms. The third-order valence-corrected chi connectivity index (χ3v) is 4.30. The SMILES string of the molecule is O=C(OC[C@H]1O[C@H]2CCCCCC[C@H]2O1)ON1C(=O)CCC1=O. The van der Waals surface area contributed by atoms with Crippen LogP contribution in [0.5, 0.6) is 0 Å². The molecule has 1 saturated carbocycles. The zero-order valence-corrected chi connectivity index (χ0v) is 12.9. The molecule has 2 saturated heterocycles. The van der Waals surface area contributed by atoms with Gasteiger partial charge in [-0.3, -0.25) is 14.4 Å². The van der Waals surface area contributed by atoms with E-state index < -0.39 is 24.3 Å². The first-order valence-electron chi connectivity index (χ1n) is 8.15. The number of nitrogens with zero attached hydrogens (tertiary/aromatic N) is 1. The molecule has 2 aliphatic heterocycles. The van der Waals surface area contributed by atoms with Gasteiger partial charge in [0.25, 0.3) is 11.8 Å². The summed E-state index contributed by atoms with van der Waals surface area (Å²) in [4.78, 5) is 38.9. The van der Waals surface area contributed by atoms with Gasteiger partial charge in [0.1, 0.15) is 6.61 Å². The van der Waals surface area contributed by atoms with E-state index in [-0.39, 0.29) is 31.7 Å². The standard InChI is InChI=1S/C15H21NO7/c17-12-7-8-13(18)16(12)23-15(19)20-9-14-21-10-5-3-1-2-4-6-11(10)22-14/h10-11,14H,1-9H2/t10-,11+,14-. The van der Waals surface area contributed by atoms with Gasteiger partial charge in [-0.25, -0.2) is 4.79 Å². The van der Waals surface area contributed by atoms with Crippen molar-refractivity contribution in [3.8, 4) is 0 Å². The summed E-state index contributed by atoms with van der Waals surface area (Å²) in [6.07, 6.45) is 4.97. The van der Waals surface area contributed by atoms with Crippen molar-refractivity contribution in [2.24, 2.45) is 0 Å². The zero-order valence-electron chi connectivity index (χ0n) is 12.9. The van der Waals surface area contributed by atoms with E-state index in [1.807, 2.05) is 0 Å². The zero-order chi connectivity index (χ0) is 16.2. The summed E-state index contributed by atoms with van der Waals surface area (Å²) in [5, 5.41) is 0.451. The van der Waals surface area contributed by atoms with E-state index in [0.29, 0.717) is 5.06 Å². The average molecular weight is 327 g/mol. The number of amides is 2. The van der Waals surface area contributed by atoms with Crippen molar-refractivity contribution in [1.82, 2.24) is 5.06 Å². The molecule has 3 atom stereocenters. The molecule has 8 nitrogen and oxygen atoms in total. The topological polar surface area (TPSA) is 91.4 Å². The molecule has 128 valence electrons. The Balaban J connectivity index is 1.42. The molecular formula is C15H21NO7. The van der Waals surface area contributed by atoms with Crippen molar-refractivity contribution in [1.29, 1.82) is 0 Å². The maximum atomic E-state index is 11.6. The van der Waals surface area contributed by atoms with Crippen LogP contribution in [0.1, 0.15) is 51.4 Å². The van der Waals surface area contributed by atoms with Gasteiger partial charge in [-0.15, -0.1) is 0 Å². The minimum absolute atomic E-state index is 0.0432. The van der Waals surface area contributed by atoms with Crippen LogP contribution in [0.15, 0.2) is 0 Å². The Labute approximate surface area is 133 Å². The van der Waals surface area contributed by atoms with E-state index in [4.69, 9.17) is 14.2 Å². The summed E-state index contributed by atoms with van der Waals surface area (Å²) in [6, 6.07) is 0. The van der Waals surface area contributed by atoms with Crippen LogP contribution in [0.2, 0.25) is 0 Å². The predicted octanol–water partition coefficient (Wildman–Crippen LogP) is 1.67. The van der Waals surface area contributed by atoms with Gasteiger partial charge >= 0.3 is 6.16 Å². The van der Waals surface area contributed by atoms with Crippen LogP contribution in [0, 0.1) is 0 Å². The predicted molar refractivity (Wildman–Crippen MR) is 74.8 cm³/mol. The molecule has 2 heterocycles. The highest BCUT2D eigenvalue weighted by atomic mass is 16.8. The third-order valence-electron chi connectivity index (χ3n) is 4.30. The highest BCUT2D eigenvalue weighted by Gasteiger charge is 2.37. The monoisotopic (exact) mass is 327 g/mol. The fraction of sp³-hybridized carbons (Fsp3) is 0.800. The highest BCUT2D eigenvalue weighted by Crippen LogP contribution is 2.30. The second kappa shape index (κ2) is 7.27. The molecule has 0 aromatic heterocycles. The van der Waals surface area contributed by atoms with Gasteiger partial charge in [0, 0.05) is 12.8 Å². The molecule has 0 bridgehead atoms. The van der Waals surface area contributed by atoms with Crippen molar-refractivity contribution in [2.45, 2.75) is 69.9 Å². The van der Waals surface area contributed by atoms with Crippen molar-refractivity contribution in [3.05, 3.63) is 0 Å². The summed E-state index contributed by atoms with van der Waals surface area (Å²) in [5.74, 6) is -1.09. The van der Waals surface area contributed by atoms with Crippen LogP contribution in [0.3, 0.4) is 0 Å². The number of hydroxylamine groups is 2. The molecule has 0 aromatic carbocycles. The lowest BCUT2D eigenvalue weighted by Crippen LogP contribution is -2.33. The first kappa shape index (κ1) is 16.2. The van der Waals surface area contributed by atoms with Crippen LogP contribution in [-0.2, 0) is 28.6 Å². The second-order valence-electron chi connectivity index (χ2n) is 6.00. The van der Waals surface area contributed by atoms with Gasteiger partial charge < -0.3 is 14.2 Å². The van der Waals surface area contributed by atoms with Gasteiger partial charge in [0.05, 0.1) is 12.2 Å². The smallest absolute Gasteiger partial charge is 0.427 e. The van der Waals surface area contributed by atoms with Crippen LogP contribution in [-0.4, -0.2) is 48.1 Å². The Kier molecular flexibility index (Phi) is 5.12. The second-order valence-corrected chi connectivity index (χ2v) is 6.00. The van der Waals surface area contributed by atoms with E-state index in [9.17, 15) is 14.4 Å². The lowest BCUT2D eigenvalue weighted by molar-refractivity contribution is -0.180. The Morgan fingerprint density at radius 3 is 2.13 bits per heavy atom. The summed E-state index contributed by atoms with van der Waals surface area (Å²) in [5.41, 5.74) is 0. The fourth-order valence-corrected chi connectivity index (χ4v) is 3.12. The van der Waals surface area contributed by atoms with E-state index in [1.54, 1.807) is 0 Å². The minimum atomic E-state index is -1.11. The van der Waals surface area contributed by atoms with Gasteiger partial charge in [-0.2, -0.15) is 0 Å². The number of carbonyl (C=O) groups excluding carboxylic acids is 3. The number of hydrogen-bond donors (Lipinski definition) is 0. The first-order chi connectivity index (χ1) is 11.1. The molecule has 0 N–H and O–H groups in total. The number of rotatable bonds is 3. The number of fused-ring (bicyclic) bond motifs is 1. The Morgan fingerprint density at radius 2 is 1.57 bits per heavy atom.